The first-order valence-electron chi connectivity index (χ1n) is 7.28. The quantitative estimate of drug-likeness (QED) is 0.543. The third kappa shape index (κ3) is 4.23. The van der Waals surface area contributed by atoms with Crippen LogP contribution in [0.1, 0.15) is 11.3 Å². The first kappa shape index (κ1) is 17.1. The van der Waals surface area contributed by atoms with Crippen molar-refractivity contribution in [2.45, 2.75) is 6.42 Å². The molecule has 0 atom stereocenters. The van der Waals surface area contributed by atoms with Crippen LogP contribution in [0.15, 0.2) is 52.4 Å². The van der Waals surface area contributed by atoms with Crippen molar-refractivity contribution >= 4 is 46.4 Å². The first-order valence-corrected chi connectivity index (χ1v) is 8.03. The molecule has 0 radical (unpaired) electrons. The lowest BCUT2D eigenvalue weighted by Gasteiger charge is -2.02. The molecular weight excluding hydrogens is 363 g/mol. The number of carbonyl (C=O) groups is 1. The highest BCUT2D eigenvalue weighted by atomic mass is 35.5. The van der Waals surface area contributed by atoms with E-state index in [-0.39, 0.29) is 12.1 Å². The zero-order chi connectivity index (χ0) is 17.8. The van der Waals surface area contributed by atoms with E-state index in [4.69, 9.17) is 23.2 Å². The maximum atomic E-state index is 12.0. The molecule has 2 aromatic carbocycles. The monoisotopic (exact) mass is 374 g/mol. The number of hydrogen-bond donors (Lipinski definition) is 2. The van der Waals surface area contributed by atoms with Crippen molar-refractivity contribution in [3.05, 3.63) is 74.1 Å². The second-order valence-corrected chi connectivity index (χ2v) is 5.99. The van der Waals surface area contributed by atoms with Gasteiger partial charge in [0.25, 0.3) is 5.56 Å². The Bertz CT molecular complexity index is 1030. The van der Waals surface area contributed by atoms with E-state index in [1.807, 2.05) is 0 Å². The number of hydrazone groups is 1. The number of nitrogens with one attached hydrogen (secondary N) is 2. The Morgan fingerprint density at radius 1 is 1.20 bits per heavy atom. The Hall–Kier alpha value is -2.70. The van der Waals surface area contributed by atoms with Gasteiger partial charge >= 0.3 is 0 Å². The third-order valence-corrected chi connectivity index (χ3v) is 4.08. The van der Waals surface area contributed by atoms with Crippen LogP contribution in [0.4, 0.5) is 0 Å². The maximum absolute atomic E-state index is 12.0. The molecule has 0 aliphatic carbocycles. The van der Waals surface area contributed by atoms with Crippen LogP contribution in [0.5, 0.6) is 0 Å². The zero-order valence-corrected chi connectivity index (χ0v) is 14.3. The van der Waals surface area contributed by atoms with Gasteiger partial charge < -0.3 is 4.98 Å². The van der Waals surface area contributed by atoms with E-state index >= 15 is 0 Å². The van der Waals surface area contributed by atoms with E-state index in [0.29, 0.717) is 26.6 Å². The van der Waals surface area contributed by atoms with Crippen LogP contribution >= 0.6 is 23.2 Å². The minimum Gasteiger partial charge on any atom is -0.319 e. The molecule has 2 N–H and O–H groups in total. The summed E-state index contributed by atoms with van der Waals surface area (Å²) < 4.78 is 0. The number of rotatable bonds is 4. The summed E-state index contributed by atoms with van der Waals surface area (Å²) in [5, 5.41) is 4.66. The fourth-order valence-corrected chi connectivity index (χ4v) is 2.46. The summed E-state index contributed by atoms with van der Waals surface area (Å²) in [6.45, 7) is 0. The molecule has 0 fully saturated rings. The number of benzene rings is 2. The van der Waals surface area contributed by atoms with Crippen LogP contribution in [0.25, 0.3) is 11.0 Å². The lowest BCUT2D eigenvalue weighted by atomic mass is 10.2. The summed E-state index contributed by atoms with van der Waals surface area (Å²) in [5.41, 5.74) is 3.99. The first-order chi connectivity index (χ1) is 12.0. The van der Waals surface area contributed by atoms with E-state index in [9.17, 15) is 9.59 Å². The number of para-hydroxylation sites is 2. The molecule has 0 unspecified atom stereocenters. The molecule has 0 bridgehead atoms. The molecule has 6 nitrogen and oxygen atoms in total. The molecule has 126 valence electrons. The molecule has 1 amide bonds. The summed E-state index contributed by atoms with van der Waals surface area (Å²) in [7, 11) is 0. The van der Waals surface area contributed by atoms with Crippen molar-refractivity contribution < 1.29 is 4.79 Å². The number of aromatic amines is 1. The van der Waals surface area contributed by atoms with Gasteiger partial charge in [0.05, 0.1) is 33.7 Å². The van der Waals surface area contributed by atoms with Gasteiger partial charge in [-0.2, -0.15) is 5.10 Å². The van der Waals surface area contributed by atoms with Crippen molar-refractivity contribution in [3.63, 3.8) is 0 Å². The van der Waals surface area contributed by atoms with Crippen LogP contribution in [0, 0.1) is 0 Å². The molecule has 1 heterocycles. The Balaban J connectivity index is 1.68. The Morgan fingerprint density at radius 2 is 2.00 bits per heavy atom. The number of halogens is 2. The minimum atomic E-state index is -0.454. The highest BCUT2D eigenvalue weighted by Gasteiger charge is 2.09. The topological polar surface area (TPSA) is 87.2 Å². The van der Waals surface area contributed by atoms with Crippen molar-refractivity contribution in [3.8, 4) is 0 Å². The van der Waals surface area contributed by atoms with Gasteiger partial charge in [0.15, 0.2) is 0 Å². The summed E-state index contributed by atoms with van der Waals surface area (Å²) in [4.78, 5) is 30.8. The summed E-state index contributed by atoms with van der Waals surface area (Å²) in [6, 6.07) is 12.1. The number of H-pyrrole nitrogens is 1. The van der Waals surface area contributed by atoms with Gasteiger partial charge in [0, 0.05) is 0 Å². The third-order valence-electron chi connectivity index (χ3n) is 3.34. The minimum absolute atomic E-state index is 0.126. The summed E-state index contributed by atoms with van der Waals surface area (Å²) in [6.07, 6.45) is 1.25. The summed E-state index contributed by atoms with van der Waals surface area (Å²) in [5.74, 6) is -0.454. The normalized spacial score (nSPS) is 11.1. The fraction of sp³-hybridized carbons (Fsp3) is 0.0588. The van der Waals surface area contributed by atoms with Crippen molar-refractivity contribution in [1.82, 2.24) is 15.4 Å². The van der Waals surface area contributed by atoms with E-state index in [0.717, 1.165) is 0 Å². The average molecular weight is 375 g/mol. The smallest absolute Gasteiger partial charge is 0.270 e. The highest BCUT2D eigenvalue weighted by Crippen LogP contribution is 2.21. The average Bonchev–Trinajstić information content (AvgIpc) is 2.59. The van der Waals surface area contributed by atoms with Crippen LogP contribution in [0.3, 0.4) is 0 Å². The van der Waals surface area contributed by atoms with Crippen LogP contribution in [0.2, 0.25) is 10.0 Å². The van der Waals surface area contributed by atoms with Gasteiger partial charge in [0.1, 0.15) is 5.69 Å². The summed E-state index contributed by atoms with van der Waals surface area (Å²) >= 11 is 11.7. The maximum Gasteiger partial charge on any atom is 0.270 e. The van der Waals surface area contributed by atoms with Crippen LogP contribution in [-0.4, -0.2) is 22.1 Å². The molecule has 0 saturated carbocycles. The number of nitrogens with zero attached hydrogens (tertiary/aromatic N) is 2. The standard InChI is InChI=1S/C17H12Cl2N4O2/c18-11-6-5-10(7-12(11)19)9-20-23-16(24)8-15-17(25)22-14-4-2-1-3-13(14)21-15/h1-7,9H,8H2,(H,22,25)(H,23,24)/b20-9+. The van der Waals surface area contributed by atoms with E-state index < -0.39 is 11.5 Å². The predicted molar refractivity (Wildman–Crippen MR) is 98.3 cm³/mol. The Labute approximate surface area is 152 Å². The Kier molecular flexibility index (Phi) is 5.11. The lowest BCUT2D eigenvalue weighted by Crippen LogP contribution is -2.25. The van der Waals surface area contributed by atoms with Crippen molar-refractivity contribution in [2.24, 2.45) is 5.10 Å². The molecule has 25 heavy (non-hydrogen) atoms. The molecule has 3 rings (SSSR count). The number of amides is 1. The SMILES string of the molecule is O=C(Cc1nc2ccccc2[nH]c1=O)N/N=C/c1ccc(Cl)c(Cl)c1. The lowest BCUT2D eigenvalue weighted by molar-refractivity contribution is -0.120. The predicted octanol–water partition coefficient (Wildman–Crippen LogP) is 2.92. The Morgan fingerprint density at radius 3 is 2.80 bits per heavy atom. The number of fused-ring (bicyclic) bond motifs is 1. The van der Waals surface area contributed by atoms with Gasteiger partial charge in [-0.05, 0) is 29.8 Å². The molecule has 0 spiro atoms. The fourth-order valence-electron chi connectivity index (χ4n) is 2.15. The van der Waals surface area contributed by atoms with Crippen LogP contribution < -0.4 is 11.0 Å². The molecular formula is C17H12Cl2N4O2. The second-order valence-electron chi connectivity index (χ2n) is 5.17. The van der Waals surface area contributed by atoms with Gasteiger partial charge in [-0.1, -0.05) is 41.4 Å². The van der Waals surface area contributed by atoms with Gasteiger partial charge in [-0.15, -0.1) is 0 Å². The van der Waals surface area contributed by atoms with Gasteiger partial charge in [0.2, 0.25) is 5.91 Å². The van der Waals surface area contributed by atoms with Crippen molar-refractivity contribution in [1.29, 1.82) is 0 Å². The molecule has 1 aromatic heterocycles. The zero-order valence-electron chi connectivity index (χ0n) is 12.8. The van der Waals surface area contributed by atoms with E-state index in [1.165, 1.54) is 6.21 Å². The molecule has 0 aliphatic rings. The number of aromatic nitrogens is 2. The van der Waals surface area contributed by atoms with E-state index in [2.05, 4.69) is 20.5 Å². The van der Waals surface area contributed by atoms with Gasteiger partial charge in [-0.25, -0.2) is 10.4 Å². The molecule has 0 saturated heterocycles. The molecule has 8 heteroatoms. The number of hydrogen-bond acceptors (Lipinski definition) is 4. The highest BCUT2D eigenvalue weighted by molar-refractivity contribution is 6.42. The molecule has 0 aliphatic heterocycles. The van der Waals surface area contributed by atoms with Gasteiger partial charge in [-0.3, -0.25) is 9.59 Å². The largest absolute Gasteiger partial charge is 0.319 e. The van der Waals surface area contributed by atoms with Crippen LogP contribution in [-0.2, 0) is 11.2 Å². The number of carbonyl (C=O) groups excluding carboxylic acids is 1. The van der Waals surface area contributed by atoms with E-state index in [1.54, 1.807) is 42.5 Å². The molecule has 3 aromatic rings. The van der Waals surface area contributed by atoms with Crippen molar-refractivity contribution in [2.75, 3.05) is 0 Å². The second kappa shape index (κ2) is 7.46.